The number of urea groups is 1. The Balaban J connectivity index is 1.36. The molecule has 0 aliphatic carbocycles. The topological polar surface area (TPSA) is 73.9 Å². The number of thiophene rings is 1. The summed E-state index contributed by atoms with van der Waals surface area (Å²) in [5.74, 6) is -0.0400. The molecule has 0 spiro atoms. The van der Waals surface area contributed by atoms with Crippen LogP contribution < -0.4 is 10.6 Å². The number of nitrogens with zero attached hydrogens (tertiary/aromatic N) is 2. The molecule has 1 aromatic heterocycles. The van der Waals surface area contributed by atoms with Crippen LogP contribution in [0.3, 0.4) is 0 Å². The van der Waals surface area contributed by atoms with Gasteiger partial charge in [0, 0.05) is 32.7 Å². The Kier molecular flexibility index (Phi) is 7.28. The smallest absolute Gasteiger partial charge is 0.322 e. The molecule has 144 valence electrons. The molecule has 2 aliphatic rings. The van der Waals surface area contributed by atoms with Gasteiger partial charge >= 0.3 is 6.03 Å². The van der Waals surface area contributed by atoms with Crippen molar-refractivity contribution in [3.05, 3.63) is 17.5 Å². The first-order valence-electron chi connectivity index (χ1n) is 9.39. The molecular weight excluding hydrogens is 352 g/mol. The standard InChI is InChI=1S/C18H28N4O3S/c23-17(19-6-3-7-21-9-11-25-12-10-21)15-4-1-8-22(14-15)18(24)20-16-5-2-13-26-16/h2,5,13,15H,1,3-4,6-12,14H2,(H,19,23)(H,20,24). The fourth-order valence-electron chi connectivity index (χ4n) is 3.39. The van der Waals surface area contributed by atoms with Gasteiger partial charge in [-0.1, -0.05) is 0 Å². The zero-order valence-electron chi connectivity index (χ0n) is 15.1. The van der Waals surface area contributed by atoms with Crippen LogP contribution >= 0.6 is 11.3 Å². The monoisotopic (exact) mass is 380 g/mol. The molecule has 0 bridgehead atoms. The van der Waals surface area contributed by atoms with Crippen molar-refractivity contribution in [1.29, 1.82) is 0 Å². The van der Waals surface area contributed by atoms with Crippen molar-refractivity contribution in [2.75, 3.05) is 57.8 Å². The molecule has 0 saturated carbocycles. The van der Waals surface area contributed by atoms with Gasteiger partial charge in [-0.2, -0.15) is 0 Å². The molecular formula is C18H28N4O3S. The molecule has 2 saturated heterocycles. The molecule has 3 heterocycles. The quantitative estimate of drug-likeness (QED) is 0.739. The Hall–Kier alpha value is -1.64. The Labute approximate surface area is 158 Å². The van der Waals surface area contributed by atoms with Gasteiger partial charge in [-0.15, -0.1) is 11.3 Å². The summed E-state index contributed by atoms with van der Waals surface area (Å²) in [7, 11) is 0. The summed E-state index contributed by atoms with van der Waals surface area (Å²) in [4.78, 5) is 28.9. The number of likely N-dealkylation sites (tertiary alicyclic amines) is 1. The van der Waals surface area contributed by atoms with Crippen LogP contribution in [0.4, 0.5) is 9.80 Å². The predicted molar refractivity (Wildman–Crippen MR) is 103 cm³/mol. The molecule has 8 heteroatoms. The number of hydrogen-bond acceptors (Lipinski definition) is 5. The Morgan fingerprint density at radius 1 is 1.27 bits per heavy atom. The normalized spacial score (nSPS) is 21.4. The van der Waals surface area contributed by atoms with E-state index in [1.165, 1.54) is 11.3 Å². The zero-order chi connectivity index (χ0) is 18.2. The van der Waals surface area contributed by atoms with E-state index in [1.54, 1.807) is 4.90 Å². The van der Waals surface area contributed by atoms with E-state index in [-0.39, 0.29) is 17.9 Å². The second kappa shape index (κ2) is 9.89. The van der Waals surface area contributed by atoms with Crippen molar-refractivity contribution in [3.8, 4) is 0 Å². The van der Waals surface area contributed by atoms with Crippen LogP contribution in [0.5, 0.6) is 0 Å². The van der Waals surface area contributed by atoms with Crippen LogP contribution in [0.2, 0.25) is 0 Å². The van der Waals surface area contributed by atoms with Crippen molar-refractivity contribution >= 4 is 28.3 Å². The average molecular weight is 381 g/mol. The first-order chi connectivity index (χ1) is 12.7. The SMILES string of the molecule is O=C(NCCCN1CCOCC1)C1CCCN(C(=O)Nc2cccs2)C1. The van der Waals surface area contributed by atoms with E-state index < -0.39 is 0 Å². The van der Waals surface area contributed by atoms with Crippen LogP contribution in [-0.4, -0.2) is 74.2 Å². The highest BCUT2D eigenvalue weighted by Crippen LogP contribution is 2.20. The van der Waals surface area contributed by atoms with Gasteiger partial charge in [-0.05, 0) is 43.3 Å². The second-order valence-electron chi connectivity index (χ2n) is 6.79. The van der Waals surface area contributed by atoms with Crippen LogP contribution in [0, 0.1) is 5.92 Å². The molecule has 3 amide bonds. The molecule has 3 rings (SSSR count). The highest BCUT2D eigenvalue weighted by Gasteiger charge is 2.28. The number of carbonyl (C=O) groups excluding carboxylic acids is 2. The Morgan fingerprint density at radius 3 is 2.88 bits per heavy atom. The summed E-state index contributed by atoms with van der Waals surface area (Å²) in [6, 6.07) is 3.67. The van der Waals surface area contributed by atoms with Crippen molar-refractivity contribution in [2.45, 2.75) is 19.3 Å². The zero-order valence-corrected chi connectivity index (χ0v) is 15.9. The predicted octanol–water partition coefficient (Wildman–Crippen LogP) is 1.83. The van der Waals surface area contributed by atoms with Gasteiger partial charge < -0.3 is 15.0 Å². The molecule has 7 nitrogen and oxygen atoms in total. The maximum absolute atomic E-state index is 12.4. The minimum atomic E-state index is -0.114. The first-order valence-corrected chi connectivity index (χ1v) is 10.3. The van der Waals surface area contributed by atoms with Crippen molar-refractivity contribution in [3.63, 3.8) is 0 Å². The molecule has 1 unspecified atom stereocenters. The fraction of sp³-hybridized carbons (Fsp3) is 0.667. The summed E-state index contributed by atoms with van der Waals surface area (Å²) in [6.45, 7) is 6.44. The number of hydrogen-bond donors (Lipinski definition) is 2. The van der Waals surface area contributed by atoms with E-state index in [2.05, 4.69) is 15.5 Å². The molecule has 2 N–H and O–H groups in total. The summed E-state index contributed by atoms with van der Waals surface area (Å²) in [5.41, 5.74) is 0. The number of anilines is 1. The lowest BCUT2D eigenvalue weighted by Crippen LogP contribution is -2.47. The second-order valence-corrected chi connectivity index (χ2v) is 7.74. The number of nitrogens with one attached hydrogen (secondary N) is 2. The third kappa shape index (κ3) is 5.69. The Bertz CT molecular complexity index is 575. The van der Waals surface area contributed by atoms with Crippen LogP contribution in [-0.2, 0) is 9.53 Å². The summed E-state index contributed by atoms with van der Waals surface area (Å²) in [6.07, 6.45) is 2.66. The van der Waals surface area contributed by atoms with Crippen LogP contribution in [0.25, 0.3) is 0 Å². The van der Waals surface area contributed by atoms with Gasteiger partial charge in [0.25, 0.3) is 0 Å². The maximum Gasteiger partial charge on any atom is 0.322 e. The van der Waals surface area contributed by atoms with E-state index in [0.29, 0.717) is 19.6 Å². The molecule has 26 heavy (non-hydrogen) atoms. The highest BCUT2D eigenvalue weighted by atomic mass is 32.1. The number of carbonyl (C=O) groups is 2. The average Bonchev–Trinajstić information content (AvgIpc) is 3.19. The van der Waals surface area contributed by atoms with Gasteiger partial charge in [0.15, 0.2) is 0 Å². The molecule has 0 aromatic carbocycles. The minimum absolute atomic E-state index is 0.0700. The third-order valence-electron chi connectivity index (χ3n) is 4.88. The van der Waals surface area contributed by atoms with Crippen LogP contribution in [0.15, 0.2) is 17.5 Å². The van der Waals surface area contributed by atoms with Gasteiger partial charge in [0.2, 0.25) is 5.91 Å². The number of ether oxygens (including phenoxy) is 1. The molecule has 1 atom stereocenters. The fourth-order valence-corrected chi connectivity index (χ4v) is 4.00. The number of morpholine rings is 1. The van der Waals surface area contributed by atoms with Crippen molar-refractivity contribution in [2.24, 2.45) is 5.92 Å². The van der Waals surface area contributed by atoms with Crippen molar-refractivity contribution < 1.29 is 14.3 Å². The van der Waals surface area contributed by atoms with Gasteiger partial charge in [-0.25, -0.2) is 4.79 Å². The lowest BCUT2D eigenvalue weighted by Gasteiger charge is -2.32. The summed E-state index contributed by atoms with van der Waals surface area (Å²) < 4.78 is 5.34. The van der Waals surface area contributed by atoms with Crippen molar-refractivity contribution in [1.82, 2.24) is 15.1 Å². The third-order valence-corrected chi connectivity index (χ3v) is 5.67. The highest BCUT2D eigenvalue weighted by molar-refractivity contribution is 7.14. The minimum Gasteiger partial charge on any atom is -0.379 e. The number of amides is 3. The van der Waals surface area contributed by atoms with E-state index >= 15 is 0 Å². The first kappa shape index (κ1) is 19.1. The largest absolute Gasteiger partial charge is 0.379 e. The molecule has 2 fully saturated rings. The molecule has 0 radical (unpaired) electrons. The molecule has 2 aliphatic heterocycles. The number of piperidine rings is 1. The lowest BCUT2D eigenvalue weighted by molar-refractivity contribution is -0.126. The van der Waals surface area contributed by atoms with Crippen LogP contribution in [0.1, 0.15) is 19.3 Å². The van der Waals surface area contributed by atoms with Gasteiger partial charge in [0.05, 0.1) is 24.1 Å². The van der Waals surface area contributed by atoms with E-state index in [1.807, 2.05) is 17.5 Å². The van der Waals surface area contributed by atoms with Gasteiger partial charge in [0.1, 0.15) is 0 Å². The van der Waals surface area contributed by atoms with E-state index in [4.69, 9.17) is 4.74 Å². The van der Waals surface area contributed by atoms with E-state index in [0.717, 1.165) is 57.1 Å². The molecule has 1 aromatic rings. The Morgan fingerprint density at radius 2 is 2.12 bits per heavy atom. The van der Waals surface area contributed by atoms with E-state index in [9.17, 15) is 9.59 Å². The van der Waals surface area contributed by atoms with Gasteiger partial charge in [-0.3, -0.25) is 15.0 Å². The number of rotatable bonds is 6. The summed E-state index contributed by atoms with van der Waals surface area (Å²) >= 11 is 1.50. The summed E-state index contributed by atoms with van der Waals surface area (Å²) in [5, 5.41) is 8.71. The maximum atomic E-state index is 12.4. The lowest BCUT2D eigenvalue weighted by atomic mass is 9.97.